The molecule has 4 aromatic carbocycles. The van der Waals surface area contributed by atoms with Crippen molar-refractivity contribution in [3.8, 4) is 16.9 Å². The van der Waals surface area contributed by atoms with Gasteiger partial charge in [0, 0.05) is 0 Å². The highest BCUT2D eigenvalue weighted by Gasteiger charge is 2.43. The van der Waals surface area contributed by atoms with Gasteiger partial charge < -0.3 is 9.52 Å². The molecule has 0 radical (unpaired) electrons. The van der Waals surface area contributed by atoms with Crippen molar-refractivity contribution in [2.45, 2.75) is 6.18 Å². The van der Waals surface area contributed by atoms with E-state index in [4.69, 9.17) is 4.42 Å². The highest BCUT2D eigenvalue weighted by atomic mass is 19.4. The second-order valence-electron chi connectivity index (χ2n) is 7.37. The Morgan fingerprint density at radius 2 is 1.41 bits per heavy atom. The van der Waals surface area contributed by atoms with Crippen molar-refractivity contribution in [2.24, 2.45) is 0 Å². The van der Waals surface area contributed by atoms with Gasteiger partial charge in [-0.2, -0.15) is 13.2 Å². The molecule has 1 heterocycles. The molecular formula is C25H13F3O4. The van der Waals surface area contributed by atoms with Gasteiger partial charge in [-0.15, -0.1) is 0 Å². The quantitative estimate of drug-likeness (QED) is 0.204. The van der Waals surface area contributed by atoms with E-state index in [0.717, 1.165) is 27.1 Å². The summed E-state index contributed by atoms with van der Waals surface area (Å²) in [5.74, 6) is -3.49. The van der Waals surface area contributed by atoms with Gasteiger partial charge in [0.2, 0.25) is 0 Å². The zero-order valence-electron chi connectivity index (χ0n) is 16.2. The lowest BCUT2D eigenvalue weighted by Gasteiger charge is -2.10. The van der Waals surface area contributed by atoms with Crippen LogP contribution in [-0.2, 0) is 0 Å². The number of carbonyl (C=O) groups excluding carboxylic acids is 1. The van der Waals surface area contributed by atoms with Gasteiger partial charge in [0.15, 0.2) is 5.56 Å². The molecule has 5 aromatic rings. The third kappa shape index (κ3) is 3.10. The number of Topliss-reactive ketones (excluding diaryl/α,β-unsaturated/α-hetero) is 1. The van der Waals surface area contributed by atoms with Crippen molar-refractivity contribution in [3.63, 3.8) is 0 Å². The van der Waals surface area contributed by atoms with Crippen LogP contribution in [0.25, 0.3) is 43.6 Å². The maximum Gasteiger partial charge on any atom is 0.455 e. The lowest BCUT2D eigenvalue weighted by molar-refractivity contribution is -0.0888. The smallest absolute Gasteiger partial charge is 0.455 e. The second-order valence-corrected chi connectivity index (χ2v) is 7.37. The van der Waals surface area contributed by atoms with E-state index in [9.17, 15) is 27.9 Å². The van der Waals surface area contributed by atoms with E-state index >= 15 is 0 Å². The second kappa shape index (κ2) is 6.95. The van der Waals surface area contributed by atoms with Crippen molar-refractivity contribution < 1.29 is 27.5 Å². The van der Waals surface area contributed by atoms with Gasteiger partial charge >= 0.3 is 11.8 Å². The van der Waals surface area contributed by atoms with Crippen molar-refractivity contribution in [3.05, 3.63) is 88.8 Å². The van der Waals surface area contributed by atoms with Gasteiger partial charge in [0.25, 0.3) is 5.78 Å². The van der Waals surface area contributed by atoms with Gasteiger partial charge in [0.1, 0.15) is 11.3 Å². The first-order valence-corrected chi connectivity index (χ1v) is 9.57. The predicted octanol–water partition coefficient (Wildman–Crippen LogP) is 6.22. The van der Waals surface area contributed by atoms with Gasteiger partial charge in [-0.1, -0.05) is 54.6 Å². The highest BCUT2D eigenvalue weighted by molar-refractivity contribution is 6.09. The fraction of sp³-hybridized carbons (Fsp3) is 0.0400. The van der Waals surface area contributed by atoms with Crippen LogP contribution in [0.3, 0.4) is 0 Å². The summed E-state index contributed by atoms with van der Waals surface area (Å²) in [7, 11) is 0. The Morgan fingerprint density at radius 1 is 0.781 bits per heavy atom. The van der Waals surface area contributed by atoms with E-state index < -0.39 is 28.9 Å². The van der Waals surface area contributed by atoms with Crippen molar-refractivity contribution in [1.82, 2.24) is 0 Å². The van der Waals surface area contributed by atoms with Crippen LogP contribution in [0.2, 0.25) is 0 Å². The molecule has 32 heavy (non-hydrogen) atoms. The fourth-order valence-electron chi connectivity index (χ4n) is 3.89. The molecule has 0 unspecified atom stereocenters. The number of benzene rings is 4. The molecule has 4 nitrogen and oxygen atoms in total. The molecule has 0 aliphatic carbocycles. The molecule has 0 aliphatic rings. The summed E-state index contributed by atoms with van der Waals surface area (Å²) in [5.41, 5.74) is -1.67. The maximum absolute atomic E-state index is 12.8. The highest BCUT2D eigenvalue weighted by Crippen LogP contribution is 2.35. The fourth-order valence-corrected chi connectivity index (χ4v) is 3.89. The van der Waals surface area contributed by atoms with Gasteiger partial charge in [-0.3, -0.25) is 4.79 Å². The minimum Gasteiger partial charge on any atom is -0.506 e. The Morgan fingerprint density at radius 3 is 2.16 bits per heavy atom. The number of rotatable bonds is 2. The van der Waals surface area contributed by atoms with Gasteiger partial charge in [-0.25, -0.2) is 4.79 Å². The first kappa shape index (κ1) is 19.8. The van der Waals surface area contributed by atoms with Crippen LogP contribution >= 0.6 is 0 Å². The molecular weight excluding hydrogens is 421 g/mol. The van der Waals surface area contributed by atoms with E-state index in [-0.39, 0.29) is 11.0 Å². The third-order valence-electron chi connectivity index (χ3n) is 5.44. The summed E-state index contributed by atoms with van der Waals surface area (Å²) in [6.45, 7) is 0. The molecule has 7 heteroatoms. The maximum atomic E-state index is 12.8. The van der Waals surface area contributed by atoms with Gasteiger partial charge in [-0.05, 0) is 50.9 Å². The Balaban J connectivity index is 1.69. The zero-order valence-corrected chi connectivity index (χ0v) is 16.2. The van der Waals surface area contributed by atoms with Crippen molar-refractivity contribution in [2.75, 3.05) is 0 Å². The Labute approximate surface area is 178 Å². The lowest BCUT2D eigenvalue weighted by Crippen LogP contribution is -2.28. The number of hydrogen-bond donors (Lipinski definition) is 1. The topological polar surface area (TPSA) is 67.5 Å². The summed E-state index contributed by atoms with van der Waals surface area (Å²) in [5, 5.41) is 14.2. The molecule has 0 atom stereocenters. The molecule has 0 spiro atoms. The minimum absolute atomic E-state index is 0.123. The van der Waals surface area contributed by atoms with Gasteiger partial charge in [0.05, 0.1) is 5.39 Å². The Kier molecular flexibility index (Phi) is 4.30. The van der Waals surface area contributed by atoms with Crippen molar-refractivity contribution in [1.29, 1.82) is 0 Å². The molecule has 0 amide bonds. The summed E-state index contributed by atoms with van der Waals surface area (Å²) >= 11 is 0. The number of fused-ring (bicyclic) bond motifs is 4. The molecule has 1 N–H and O–H groups in total. The average molecular weight is 434 g/mol. The van der Waals surface area contributed by atoms with Crippen LogP contribution in [0, 0.1) is 0 Å². The van der Waals surface area contributed by atoms with Crippen LogP contribution in [0.1, 0.15) is 10.4 Å². The molecule has 0 saturated carbocycles. The number of aromatic hydroxyl groups is 1. The van der Waals surface area contributed by atoms with Crippen LogP contribution in [0.15, 0.2) is 82.0 Å². The van der Waals surface area contributed by atoms with Crippen LogP contribution in [-0.4, -0.2) is 17.1 Å². The number of halogens is 3. The summed E-state index contributed by atoms with van der Waals surface area (Å²) in [6.07, 6.45) is -5.31. The van der Waals surface area contributed by atoms with E-state index in [2.05, 4.69) is 0 Å². The monoisotopic (exact) mass is 434 g/mol. The summed E-state index contributed by atoms with van der Waals surface area (Å²) < 4.78 is 43.3. The first-order chi connectivity index (χ1) is 15.2. The average Bonchev–Trinajstić information content (AvgIpc) is 2.77. The number of carbonyl (C=O) groups is 1. The van der Waals surface area contributed by atoms with Crippen LogP contribution < -0.4 is 5.63 Å². The predicted molar refractivity (Wildman–Crippen MR) is 115 cm³/mol. The Hall–Kier alpha value is -4.13. The third-order valence-corrected chi connectivity index (χ3v) is 5.44. The number of alkyl halides is 3. The largest absolute Gasteiger partial charge is 0.506 e. The molecule has 0 aliphatic heterocycles. The number of ketones is 1. The zero-order chi connectivity index (χ0) is 22.6. The molecule has 0 bridgehead atoms. The van der Waals surface area contributed by atoms with E-state index in [1.807, 2.05) is 54.6 Å². The molecule has 5 rings (SSSR count). The van der Waals surface area contributed by atoms with Crippen LogP contribution in [0.5, 0.6) is 5.75 Å². The summed E-state index contributed by atoms with van der Waals surface area (Å²) in [4.78, 5) is 23.6. The van der Waals surface area contributed by atoms with Crippen LogP contribution in [0.4, 0.5) is 13.2 Å². The first-order valence-electron chi connectivity index (χ1n) is 9.57. The SMILES string of the molecule is O=C(c1c(O)c2ccc(-c3ccc4ccc5ccccc5c4c3)cc2oc1=O)C(F)(F)F. The molecule has 0 fully saturated rings. The standard InChI is InChI=1S/C25H13F3O4/c26-25(27,28)23(30)21-22(29)18-10-9-16(12-20(18)32-24(21)31)15-8-7-14-6-5-13-3-1-2-4-17(13)19(14)11-15/h1-12,29H. The van der Waals surface area contributed by atoms with Crippen molar-refractivity contribution >= 4 is 38.3 Å². The minimum atomic E-state index is -5.31. The molecule has 1 aromatic heterocycles. The lowest BCUT2D eigenvalue weighted by atomic mass is 9.96. The van der Waals surface area contributed by atoms with E-state index in [1.54, 1.807) is 6.07 Å². The summed E-state index contributed by atoms with van der Waals surface area (Å²) in [6, 6.07) is 22.1. The number of hydrogen-bond acceptors (Lipinski definition) is 4. The molecule has 158 valence electrons. The molecule has 0 saturated heterocycles. The normalized spacial score (nSPS) is 12.0. The van der Waals surface area contributed by atoms with E-state index in [0.29, 0.717) is 5.56 Å². The van der Waals surface area contributed by atoms with E-state index in [1.165, 1.54) is 12.1 Å². The Bertz CT molecular complexity index is 1610.